The molecule has 0 bridgehead atoms. The number of piperidine rings is 1. The van der Waals surface area contributed by atoms with Crippen LogP contribution in [0, 0.1) is 5.92 Å². The zero-order valence-corrected chi connectivity index (χ0v) is 15.2. The Bertz CT molecular complexity index is 721. The van der Waals surface area contributed by atoms with Gasteiger partial charge in [0.05, 0.1) is 12.1 Å². The Balaban J connectivity index is 1.46. The molecule has 0 atom stereocenters. The molecule has 1 aliphatic heterocycles. The summed E-state index contributed by atoms with van der Waals surface area (Å²) in [5.74, 6) is 0.627. The lowest BCUT2D eigenvalue weighted by Crippen LogP contribution is -2.39. The summed E-state index contributed by atoms with van der Waals surface area (Å²) in [6.45, 7) is 3.09. The highest BCUT2D eigenvalue weighted by atomic mass is 32.1. The topological polar surface area (TPSA) is 62.3 Å². The van der Waals surface area contributed by atoms with Crippen LogP contribution in [0.1, 0.15) is 31.0 Å². The summed E-state index contributed by atoms with van der Waals surface area (Å²) in [5, 5.41) is 5.04. The lowest BCUT2D eigenvalue weighted by Gasteiger charge is -2.32. The van der Waals surface area contributed by atoms with Gasteiger partial charge in [0.25, 0.3) is 0 Å². The zero-order chi connectivity index (χ0) is 17.6. The third kappa shape index (κ3) is 5.13. The van der Waals surface area contributed by atoms with E-state index in [0.717, 1.165) is 38.0 Å². The highest BCUT2D eigenvalue weighted by Gasteiger charge is 2.23. The van der Waals surface area contributed by atoms with Crippen molar-refractivity contribution in [2.24, 2.45) is 5.92 Å². The first-order valence-corrected chi connectivity index (χ1v) is 9.52. The molecule has 2 aromatic rings. The number of hydrogen-bond donors (Lipinski definition) is 1. The van der Waals surface area contributed by atoms with Crippen LogP contribution in [0.2, 0.25) is 0 Å². The minimum atomic E-state index is -0.146. The van der Waals surface area contributed by atoms with Gasteiger partial charge in [-0.2, -0.15) is 0 Å². The summed E-state index contributed by atoms with van der Waals surface area (Å²) in [4.78, 5) is 29.7. The van der Waals surface area contributed by atoms with Crippen molar-refractivity contribution in [3.8, 4) is 0 Å². The molecule has 0 aliphatic carbocycles. The molecule has 5 nitrogen and oxygen atoms in total. The van der Waals surface area contributed by atoms with Gasteiger partial charge in [-0.25, -0.2) is 4.98 Å². The van der Waals surface area contributed by atoms with Gasteiger partial charge in [-0.15, -0.1) is 11.3 Å². The molecule has 132 valence electrons. The summed E-state index contributed by atoms with van der Waals surface area (Å²) < 4.78 is 0. The first-order valence-electron chi connectivity index (χ1n) is 8.64. The van der Waals surface area contributed by atoms with E-state index >= 15 is 0 Å². The van der Waals surface area contributed by atoms with E-state index in [9.17, 15) is 9.59 Å². The smallest absolute Gasteiger partial charge is 0.228 e. The molecule has 1 saturated heterocycles. The zero-order valence-electron chi connectivity index (χ0n) is 14.4. The first-order chi connectivity index (χ1) is 12.1. The molecule has 0 spiro atoms. The van der Waals surface area contributed by atoms with E-state index in [1.165, 1.54) is 23.8 Å². The molecule has 6 heteroatoms. The normalized spacial score (nSPS) is 15.2. The van der Waals surface area contributed by atoms with Crippen LogP contribution < -0.4 is 5.32 Å². The number of aromatic nitrogens is 1. The van der Waals surface area contributed by atoms with Crippen molar-refractivity contribution in [1.29, 1.82) is 0 Å². The predicted octanol–water partition coefficient (Wildman–Crippen LogP) is 3.13. The van der Waals surface area contributed by atoms with Gasteiger partial charge in [-0.1, -0.05) is 30.3 Å². The van der Waals surface area contributed by atoms with Crippen LogP contribution in [0.25, 0.3) is 0 Å². The second-order valence-electron chi connectivity index (χ2n) is 6.52. The third-order valence-electron chi connectivity index (χ3n) is 4.50. The molecule has 1 N–H and O–H groups in total. The molecule has 1 aliphatic rings. The van der Waals surface area contributed by atoms with Crippen molar-refractivity contribution >= 4 is 28.3 Å². The van der Waals surface area contributed by atoms with Gasteiger partial charge in [0.1, 0.15) is 0 Å². The maximum absolute atomic E-state index is 12.5. The number of nitrogens with one attached hydrogen (secondary N) is 1. The summed E-state index contributed by atoms with van der Waals surface area (Å²) >= 11 is 1.35. The maximum atomic E-state index is 12.5. The fraction of sp³-hybridized carbons (Fsp3) is 0.421. The van der Waals surface area contributed by atoms with Crippen molar-refractivity contribution in [1.82, 2.24) is 9.88 Å². The monoisotopic (exact) mass is 357 g/mol. The SMILES string of the molecule is CC(=O)Nc1nc(CC(=O)N2CCC(Cc3ccccc3)CC2)cs1. The van der Waals surface area contributed by atoms with E-state index in [4.69, 9.17) is 0 Å². The van der Waals surface area contributed by atoms with Crippen molar-refractivity contribution < 1.29 is 9.59 Å². The Morgan fingerprint density at radius 2 is 1.96 bits per heavy atom. The fourth-order valence-corrected chi connectivity index (χ4v) is 3.95. The van der Waals surface area contributed by atoms with E-state index < -0.39 is 0 Å². The number of nitrogens with zero attached hydrogens (tertiary/aromatic N) is 2. The lowest BCUT2D eigenvalue weighted by molar-refractivity contribution is -0.131. The molecule has 1 aromatic heterocycles. The number of amides is 2. The first kappa shape index (κ1) is 17.6. The standard InChI is InChI=1S/C19H23N3O2S/c1-14(23)20-19-21-17(13-25-19)12-18(24)22-9-7-16(8-10-22)11-15-5-3-2-4-6-15/h2-6,13,16H,7-12H2,1H3,(H,20,21,23). The predicted molar refractivity (Wildman–Crippen MR) is 99.6 cm³/mol. The van der Waals surface area contributed by atoms with Gasteiger partial charge >= 0.3 is 0 Å². The van der Waals surface area contributed by atoms with Crippen LogP contribution in [-0.2, 0) is 22.4 Å². The number of hydrogen-bond acceptors (Lipinski definition) is 4. The average Bonchev–Trinajstić information content (AvgIpc) is 3.02. The van der Waals surface area contributed by atoms with Crippen molar-refractivity contribution in [2.75, 3.05) is 18.4 Å². The second kappa shape index (κ2) is 8.25. The van der Waals surface area contributed by atoms with E-state index in [-0.39, 0.29) is 11.8 Å². The van der Waals surface area contributed by atoms with E-state index in [1.54, 1.807) is 0 Å². The van der Waals surface area contributed by atoms with Crippen molar-refractivity contribution in [3.63, 3.8) is 0 Å². The molecule has 0 radical (unpaired) electrons. The highest BCUT2D eigenvalue weighted by molar-refractivity contribution is 7.13. The largest absolute Gasteiger partial charge is 0.342 e. The van der Waals surface area contributed by atoms with Gasteiger partial charge < -0.3 is 10.2 Å². The molecule has 1 aromatic carbocycles. The van der Waals surface area contributed by atoms with Crippen LogP contribution in [0.15, 0.2) is 35.7 Å². The van der Waals surface area contributed by atoms with Gasteiger partial charge in [0, 0.05) is 25.4 Å². The maximum Gasteiger partial charge on any atom is 0.228 e. The summed E-state index contributed by atoms with van der Waals surface area (Å²) in [6, 6.07) is 10.5. The quantitative estimate of drug-likeness (QED) is 0.894. The summed E-state index contributed by atoms with van der Waals surface area (Å²) in [6.07, 6.45) is 3.50. The molecule has 3 rings (SSSR count). The second-order valence-corrected chi connectivity index (χ2v) is 7.37. The number of carbonyl (C=O) groups excluding carboxylic acids is 2. The van der Waals surface area contributed by atoms with E-state index in [1.807, 2.05) is 16.3 Å². The average molecular weight is 357 g/mol. The van der Waals surface area contributed by atoms with Crippen molar-refractivity contribution in [3.05, 3.63) is 47.0 Å². The Morgan fingerprint density at radius 3 is 2.64 bits per heavy atom. The molecule has 2 heterocycles. The number of likely N-dealkylation sites (tertiary alicyclic amines) is 1. The number of carbonyl (C=O) groups is 2. The number of rotatable bonds is 5. The molecule has 2 amide bonds. The molecular weight excluding hydrogens is 334 g/mol. The summed E-state index contributed by atoms with van der Waals surface area (Å²) in [5.41, 5.74) is 2.10. The Hall–Kier alpha value is -2.21. The summed E-state index contributed by atoms with van der Waals surface area (Å²) in [7, 11) is 0. The fourth-order valence-electron chi connectivity index (χ4n) is 3.20. The lowest BCUT2D eigenvalue weighted by atomic mass is 9.90. The number of thiazole rings is 1. The van der Waals surface area contributed by atoms with Crippen LogP contribution in [-0.4, -0.2) is 34.8 Å². The number of anilines is 1. The van der Waals surface area contributed by atoms with Gasteiger partial charge in [-0.05, 0) is 30.7 Å². The minimum absolute atomic E-state index is 0.123. The van der Waals surface area contributed by atoms with E-state index in [0.29, 0.717) is 17.5 Å². The minimum Gasteiger partial charge on any atom is -0.342 e. The van der Waals surface area contributed by atoms with Crippen LogP contribution >= 0.6 is 11.3 Å². The van der Waals surface area contributed by atoms with Crippen LogP contribution in [0.3, 0.4) is 0 Å². The van der Waals surface area contributed by atoms with Gasteiger partial charge in [0.2, 0.25) is 11.8 Å². The molecule has 0 unspecified atom stereocenters. The number of benzene rings is 1. The van der Waals surface area contributed by atoms with Gasteiger partial charge in [-0.3, -0.25) is 9.59 Å². The van der Waals surface area contributed by atoms with Crippen LogP contribution in [0.4, 0.5) is 5.13 Å². The Labute approximate surface area is 152 Å². The highest BCUT2D eigenvalue weighted by Crippen LogP contribution is 2.23. The molecule has 25 heavy (non-hydrogen) atoms. The Morgan fingerprint density at radius 1 is 1.24 bits per heavy atom. The van der Waals surface area contributed by atoms with Crippen molar-refractivity contribution in [2.45, 2.75) is 32.6 Å². The molecular formula is C19H23N3O2S. The molecule has 0 saturated carbocycles. The van der Waals surface area contributed by atoms with E-state index in [2.05, 4.69) is 34.6 Å². The molecule has 1 fully saturated rings. The Kier molecular flexibility index (Phi) is 5.81. The third-order valence-corrected chi connectivity index (χ3v) is 5.31. The van der Waals surface area contributed by atoms with Crippen LogP contribution in [0.5, 0.6) is 0 Å². The van der Waals surface area contributed by atoms with Gasteiger partial charge in [0.15, 0.2) is 5.13 Å².